The van der Waals surface area contributed by atoms with Gasteiger partial charge < -0.3 is 16.2 Å². The zero-order valence-electron chi connectivity index (χ0n) is 17.8. The van der Waals surface area contributed by atoms with Crippen LogP contribution in [-0.2, 0) is 34.4 Å². The molecule has 3 atom stereocenters. The molecule has 15 heteroatoms. The number of aliphatic carboxylic acids is 1. The predicted octanol–water partition coefficient (Wildman–Crippen LogP) is -0.829. The quantitative estimate of drug-likeness (QED) is 0.385. The molecule has 1 unspecified atom stereocenters. The number of fused-ring (bicyclic) bond motifs is 1. The fourth-order valence-electron chi connectivity index (χ4n) is 3.63. The van der Waals surface area contributed by atoms with Crippen molar-refractivity contribution in [2.45, 2.75) is 24.4 Å². The lowest BCUT2D eigenvalue weighted by Gasteiger charge is -2.49. The Morgan fingerprint density at radius 3 is 2.39 bits per heavy atom. The number of thioether (sulfide) groups is 1. The highest BCUT2D eigenvalue weighted by Gasteiger charge is 2.54. The Balaban J connectivity index is 1.80. The van der Waals surface area contributed by atoms with Crippen LogP contribution >= 0.6 is 11.8 Å². The van der Waals surface area contributed by atoms with Gasteiger partial charge in [-0.3, -0.25) is 14.5 Å². The standard InChI is InChI=1S/C18H22N4O8S3/c1-9-8-31-17-13(16(24)21(17)14(9)18(25)26)20-15(23)12(19)10-5-4-6-11(7-10)22(32(2,27)28)33(3,29)30/h4-7,12-13,17H,8,19H2,1-3H3,(H,20,23)(H,25,26)/t12-,13?,17-/m1/s1. The van der Waals surface area contributed by atoms with Crippen LogP contribution in [-0.4, -0.2) is 74.3 Å². The van der Waals surface area contributed by atoms with Crippen LogP contribution < -0.4 is 14.8 Å². The summed E-state index contributed by atoms with van der Waals surface area (Å²) in [6.07, 6.45) is 1.45. The predicted molar refractivity (Wildman–Crippen MR) is 121 cm³/mol. The second kappa shape index (κ2) is 8.62. The molecule has 0 bridgehead atoms. The van der Waals surface area contributed by atoms with E-state index in [1.807, 2.05) is 0 Å². The highest BCUT2D eigenvalue weighted by atomic mass is 32.3. The molecule has 1 saturated heterocycles. The zero-order chi connectivity index (χ0) is 24.9. The van der Waals surface area contributed by atoms with Gasteiger partial charge in [-0.25, -0.2) is 21.6 Å². The van der Waals surface area contributed by atoms with E-state index in [1.165, 1.54) is 30.0 Å². The zero-order valence-corrected chi connectivity index (χ0v) is 20.2. The van der Waals surface area contributed by atoms with Crippen LogP contribution in [0.5, 0.6) is 0 Å². The van der Waals surface area contributed by atoms with E-state index in [0.717, 1.165) is 23.5 Å². The number of rotatable bonds is 7. The van der Waals surface area contributed by atoms with Crippen molar-refractivity contribution in [1.82, 2.24) is 10.2 Å². The van der Waals surface area contributed by atoms with Crippen LogP contribution in [0.15, 0.2) is 35.5 Å². The number of hydrogen-bond acceptors (Lipinski definition) is 9. The van der Waals surface area contributed by atoms with Crippen molar-refractivity contribution in [2.75, 3.05) is 22.0 Å². The highest BCUT2D eigenvalue weighted by molar-refractivity contribution is 8.09. The molecule has 33 heavy (non-hydrogen) atoms. The molecular formula is C18H22N4O8S3. The van der Waals surface area contributed by atoms with Crippen LogP contribution in [0.3, 0.4) is 0 Å². The van der Waals surface area contributed by atoms with Gasteiger partial charge in [-0.1, -0.05) is 12.1 Å². The molecule has 4 N–H and O–H groups in total. The molecule has 2 aliphatic heterocycles. The van der Waals surface area contributed by atoms with Gasteiger partial charge in [0.2, 0.25) is 26.0 Å². The molecule has 1 fully saturated rings. The first-order chi connectivity index (χ1) is 15.1. The number of nitrogens with two attached hydrogens (primary N) is 1. The van der Waals surface area contributed by atoms with Crippen LogP contribution in [0.1, 0.15) is 18.5 Å². The van der Waals surface area contributed by atoms with E-state index >= 15 is 0 Å². The van der Waals surface area contributed by atoms with Gasteiger partial charge in [0.1, 0.15) is 23.2 Å². The number of benzene rings is 1. The Morgan fingerprint density at radius 2 is 1.85 bits per heavy atom. The molecule has 0 saturated carbocycles. The van der Waals surface area contributed by atoms with E-state index in [1.54, 1.807) is 6.92 Å². The van der Waals surface area contributed by atoms with E-state index in [-0.39, 0.29) is 20.7 Å². The molecule has 0 radical (unpaired) electrons. The maximum atomic E-state index is 12.7. The minimum atomic E-state index is -4.19. The molecule has 180 valence electrons. The Kier molecular flexibility index (Phi) is 6.54. The third-order valence-corrected chi connectivity index (χ3v) is 9.66. The Bertz CT molecular complexity index is 1240. The van der Waals surface area contributed by atoms with Crippen LogP contribution in [0, 0.1) is 0 Å². The molecule has 2 aliphatic rings. The number of sulfonamides is 2. The van der Waals surface area contributed by atoms with E-state index in [4.69, 9.17) is 5.73 Å². The fourth-order valence-corrected chi connectivity index (χ4v) is 7.88. The highest BCUT2D eigenvalue weighted by Crippen LogP contribution is 2.40. The molecule has 0 spiro atoms. The lowest BCUT2D eigenvalue weighted by molar-refractivity contribution is -0.150. The van der Waals surface area contributed by atoms with Crippen molar-refractivity contribution in [1.29, 1.82) is 0 Å². The maximum absolute atomic E-state index is 12.7. The lowest BCUT2D eigenvalue weighted by Crippen LogP contribution is -2.71. The van der Waals surface area contributed by atoms with Crippen molar-refractivity contribution in [2.24, 2.45) is 5.73 Å². The van der Waals surface area contributed by atoms with Gasteiger partial charge in [0.05, 0.1) is 18.2 Å². The van der Waals surface area contributed by atoms with Gasteiger partial charge in [0.15, 0.2) is 0 Å². The van der Waals surface area contributed by atoms with E-state index in [2.05, 4.69) is 5.32 Å². The van der Waals surface area contributed by atoms with Gasteiger partial charge in [0.25, 0.3) is 5.91 Å². The smallest absolute Gasteiger partial charge is 0.352 e. The van der Waals surface area contributed by atoms with E-state index in [9.17, 15) is 36.3 Å². The first-order valence-corrected chi connectivity index (χ1v) is 14.1. The van der Waals surface area contributed by atoms with Crippen molar-refractivity contribution in [3.63, 3.8) is 0 Å². The Morgan fingerprint density at radius 1 is 1.24 bits per heavy atom. The second-order valence-electron chi connectivity index (χ2n) is 7.63. The third-order valence-electron chi connectivity index (χ3n) is 4.98. The second-order valence-corrected chi connectivity index (χ2v) is 12.6. The van der Waals surface area contributed by atoms with Gasteiger partial charge in [-0.15, -0.1) is 11.8 Å². The number of carbonyl (C=O) groups excluding carboxylic acids is 2. The first-order valence-electron chi connectivity index (χ1n) is 9.38. The maximum Gasteiger partial charge on any atom is 0.352 e. The summed E-state index contributed by atoms with van der Waals surface area (Å²) in [5, 5.41) is 11.3. The topological polar surface area (TPSA) is 184 Å². The number of carbonyl (C=O) groups is 3. The summed E-state index contributed by atoms with van der Waals surface area (Å²) in [7, 11) is -8.38. The molecular weight excluding hydrogens is 496 g/mol. The number of β-lactam (4-membered cyclic amide) rings is 1. The molecule has 2 amide bonds. The van der Waals surface area contributed by atoms with Crippen LogP contribution in [0.2, 0.25) is 0 Å². The van der Waals surface area contributed by atoms with Crippen LogP contribution in [0.4, 0.5) is 5.69 Å². The van der Waals surface area contributed by atoms with E-state index in [0.29, 0.717) is 11.3 Å². The number of carboxylic acids is 1. The van der Waals surface area contributed by atoms with Gasteiger partial charge >= 0.3 is 5.97 Å². The minimum absolute atomic E-state index is 0.104. The largest absolute Gasteiger partial charge is 0.477 e. The summed E-state index contributed by atoms with van der Waals surface area (Å²) >= 11 is 1.30. The minimum Gasteiger partial charge on any atom is -0.477 e. The molecule has 3 rings (SSSR count). The number of hydrogen-bond donors (Lipinski definition) is 3. The number of carboxylic acid groups (broad SMARTS) is 1. The summed E-state index contributed by atoms with van der Waals surface area (Å²) in [4.78, 5) is 37.9. The average molecular weight is 519 g/mol. The number of nitrogens with one attached hydrogen (secondary N) is 1. The fraction of sp³-hybridized carbons (Fsp3) is 0.389. The van der Waals surface area contributed by atoms with Crippen LogP contribution in [0.25, 0.3) is 0 Å². The number of anilines is 1. The molecule has 1 aromatic rings. The summed E-state index contributed by atoms with van der Waals surface area (Å²) in [6.45, 7) is 1.62. The molecule has 12 nitrogen and oxygen atoms in total. The monoisotopic (exact) mass is 518 g/mol. The van der Waals surface area contributed by atoms with Gasteiger partial charge in [0, 0.05) is 5.75 Å². The summed E-state index contributed by atoms with van der Waals surface area (Å²) in [5.41, 5.74) is 6.33. The summed E-state index contributed by atoms with van der Waals surface area (Å²) in [5.74, 6) is -2.20. The normalized spacial score (nSPS) is 21.7. The Hall–Kier alpha value is -2.62. The first kappa shape index (κ1) is 25.0. The molecule has 2 heterocycles. The van der Waals surface area contributed by atoms with Crippen molar-refractivity contribution < 1.29 is 36.3 Å². The van der Waals surface area contributed by atoms with Gasteiger partial charge in [-0.05, 0) is 30.2 Å². The summed E-state index contributed by atoms with van der Waals surface area (Å²) < 4.78 is 48.2. The number of amides is 2. The molecule has 1 aromatic carbocycles. The van der Waals surface area contributed by atoms with Crippen molar-refractivity contribution in [3.8, 4) is 0 Å². The molecule has 0 aromatic heterocycles. The van der Waals surface area contributed by atoms with Crippen molar-refractivity contribution >= 4 is 55.3 Å². The molecule has 0 aliphatic carbocycles. The average Bonchev–Trinajstić information content (AvgIpc) is 2.68. The van der Waals surface area contributed by atoms with Crippen molar-refractivity contribution in [3.05, 3.63) is 41.1 Å². The van der Waals surface area contributed by atoms with Gasteiger partial charge in [-0.2, -0.15) is 3.71 Å². The lowest BCUT2D eigenvalue weighted by atomic mass is 10.0. The summed E-state index contributed by atoms with van der Waals surface area (Å²) in [6, 6.07) is 2.83. The Labute approximate surface area is 194 Å². The SMILES string of the molecule is CC1=C(C(=O)O)N2C(=O)C(NC(=O)[C@H](N)c3cccc(N(S(C)(=O)=O)S(C)(=O)=O)c3)[C@H]2SC1. The third kappa shape index (κ3) is 4.71. The van der Waals surface area contributed by atoms with E-state index < -0.39 is 55.3 Å². The number of nitrogens with zero attached hydrogens (tertiary/aromatic N) is 2.